The molecule has 1 aliphatic heterocycles. The minimum Gasteiger partial charge on any atom is -0.377 e. The first-order valence-electron chi connectivity index (χ1n) is 6.87. The van der Waals surface area contributed by atoms with E-state index in [-0.39, 0.29) is 0 Å². The third-order valence-corrected chi connectivity index (χ3v) is 3.16. The fourth-order valence-electron chi connectivity index (χ4n) is 2.08. The molecule has 1 N–H and O–H groups in total. The van der Waals surface area contributed by atoms with Crippen molar-refractivity contribution >= 4 is 0 Å². The molecule has 1 saturated heterocycles. The summed E-state index contributed by atoms with van der Waals surface area (Å²) in [6, 6.07) is 0. The van der Waals surface area contributed by atoms with Gasteiger partial charge in [0.1, 0.15) is 0 Å². The molecule has 0 aromatic rings. The summed E-state index contributed by atoms with van der Waals surface area (Å²) in [5.41, 5.74) is 0. The van der Waals surface area contributed by atoms with E-state index in [2.05, 4.69) is 24.1 Å². The van der Waals surface area contributed by atoms with Crippen LogP contribution in [-0.4, -0.2) is 50.3 Å². The quantitative estimate of drug-likeness (QED) is 0.610. The van der Waals surface area contributed by atoms with Gasteiger partial charge in [-0.05, 0) is 58.8 Å². The van der Waals surface area contributed by atoms with Crippen molar-refractivity contribution in [1.82, 2.24) is 10.2 Å². The second-order valence-electron chi connectivity index (χ2n) is 4.77. The number of ether oxygens (including phenoxy) is 1. The second-order valence-corrected chi connectivity index (χ2v) is 4.77. The zero-order valence-corrected chi connectivity index (χ0v) is 11.0. The van der Waals surface area contributed by atoms with Crippen LogP contribution in [0.15, 0.2) is 0 Å². The number of hydrogen-bond acceptors (Lipinski definition) is 3. The first-order chi connectivity index (χ1) is 7.83. The van der Waals surface area contributed by atoms with Crippen LogP contribution in [0.1, 0.15) is 39.5 Å². The summed E-state index contributed by atoms with van der Waals surface area (Å²) in [7, 11) is 0. The molecule has 0 aromatic heterocycles. The Balaban J connectivity index is 1.87. The summed E-state index contributed by atoms with van der Waals surface area (Å²) in [4.78, 5) is 2.50. The molecule has 0 bridgehead atoms. The smallest absolute Gasteiger partial charge is 0.0597 e. The fraction of sp³-hybridized carbons (Fsp3) is 1.00. The predicted molar refractivity (Wildman–Crippen MR) is 68.9 cm³/mol. The molecule has 1 heterocycles. The van der Waals surface area contributed by atoms with E-state index in [0.717, 1.165) is 32.7 Å². The molecule has 0 spiro atoms. The molecule has 1 unspecified atom stereocenters. The summed E-state index contributed by atoms with van der Waals surface area (Å²) in [6.07, 6.45) is 5.48. The molecule has 0 aromatic carbocycles. The van der Waals surface area contributed by atoms with Crippen LogP contribution in [0.2, 0.25) is 0 Å². The van der Waals surface area contributed by atoms with E-state index >= 15 is 0 Å². The fourth-order valence-corrected chi connectivity index (χ4v) is 2.08. The molecule has 0 amide bonds. The van der Waals surface area contributed by atoms with Gasteiger partial charge in [-0.3, -0.25) is 0 Å². The van der Waals surface area contributed by atoms with Crippen LogP contribution < -0.4 is 5.32 Å². The summed E-state index contributed by atoms with van der Waals surface area (Å²) < 4.78 is 5.80. The Kier molecular flexibility index (Phi) is 7.81. The lowest BCUT2D eigenvalue weighted by atomic mass is 10.3. The molecular weight excluding hydrogens is 200 g/mol. The number of nitrogens with one attached hydrogen (secondary N) is 1. The van der Waals surface area contributed by atoms with Gasteiger partial charge in [-0.15, -0.1) is 0 Å². The first-order valence-corrected chi connectivity index (χ1v) is 6.87. The van der Waals surface area contributed by atoms with Crippen LogP contribution in [0.5, 0.6) is 0 Å². The van der Waals surface area contributed by atoms with Crippen molar-refractivity contribution in [3.63, 3.8) is 0 Å². The summed E-state index contributed by atoms with van der Waals surface area (Å²) in [6.45, 7) is 11.1. The van der Waals surface area contributed by atoms with Gasteiger partial charge in [-0.1, -0.05) is 6.92 Å². The first kappa shape index (κ1) is 13.9. The maximum Gasteiger partial charge on any atom is 0.0597 e. The molecule has 1 rings (SSSR count). The molecule has 96 valence electrons. The van der Waals surface area contributed by atoms with Gasteiger partial charge in [0.2, 0.25) is 0 Å². The second kappa shape index (κ2) is 8.97. The highest BCUT2D eigenvalue weighted by atomic mass is 16.5. The maximum atomic E-state index is 5.80. The van der Waals surface area contributed by atoms with Gasteiger partial charge in [0.05, 0.1) is 12.7 Å². The molecule has 3 nitrogen and oxygen atoms in total. The summed E-state index contributed by atoms with van der Waals surface area (Å²) in [5, 5.41) is 3.41. The van der Waals surface area contributed by atoms with E-state index < -0.39 is 0 Å². The van der Waals surface area contributed by atoms with Gasteiger partial charge in [0, 0.05) is 6.54 Å². The van der Waals surface area contributed by atoms with Crippen molar-refractivity contribution < 1.29 is 4.74 Å². The largest absolute Gasteiger partial charge is 0.377 e. The lowest BCUT2D eigenvalue weighted by Gasteiger charge is -2.17. The van der Waals surface area contributed by atoms with E-state index in [0.29, 0.717) is 6.10 Å². The lowest BCUT2D eigenvalue weighted by Crippen LogP contribution is -2.27. The van der Waals surface area contributed by atoms with Crippen LogP contribution in [0.3, 0.4) is 0 Å². The van der Waals surface area contributed by atoms with Gasteiger partial charge in [0.25, 0.3) is 0 Å². The Bertz CT molecular complexity index is 158. The van der Waals surface area contributed by atoms with Crippen molar-refractivity contribution in [2.24, 2.45) is 0 Å². The van der Waals surface area contributed by atoms with E-state index in [1.54, 1.807) is 0 Å². The lowest BCUT2D eigenvalue weighted by molar-refractivity contribution is 0.0475. The number of nitrogens with zero attached hydrogens (tertiary/aromatic N) is 1. The molecule has 16 heavy (non-hydrogen) atoms. The van der Waals surface area contributed by atoms with Crippen molar-refractivity contribution in [2.45, 2.75) is 45.6 Å². The number of likely N-dealkylation sites (tertiary alicyclic amines) is 1. The van der Waals surface area contributed by atoms with E-state index in [9.17, 15) is 0 Å². The predicted octanol–water partition coefficient (Wildman–Crippen LogP) is 1.88. The SMILES string of the molecule is CCCNCCC(C)OCCN1CCCC1. The van der Waals surface area contributed by atoms with Crippen molar-refractivity contribution in [2.75, 3.05) is 39.3 Å². The topological polar surface area (TPSA) is 24.5 Å². The van der Waals surface area contributed by atoms with E-state index in [4.69, 9.17) is 4.74 Å². The third kappa shape index (κ3) is 6.46. The number of rotatable bonds is 9. The van der Waals surface area contributed by atoms with E-state index in [1.807, 2.05) is 0 Å². The minimum absolute atomic E-state index is 0.395. The highest BCUT2D eigenvalue weighted by molar-refractivity contribution is 4.65. The molecular formula is C13H28N2O. The average Bonchev–Trinajstić information content (AvgIpc) is 2.77. The monoisotopic (exact) mass is 228 g/mol. The Morgan fingerprint density at radius 1 is 1.25 bits per heavy atom. The van der Waals surface area contributed by atoms with E-state index in [1.165, 1.54) is 32.4 Å². The van der Waals surface area contributed by atoms with Crippen LogP contribution in [0, 0.1) is 0 Å². The van der Waals surface area contributed by atoms with Crippen LogP contribution in [0.4, 0.5) is 0 Å². The van der Waals surface area contributed by atoms with Gasteiger partial charge in [0.15, 0.2) is 0 Å². The zero-order chi connectivity index (χ0) is 11.6. The normalized spacial score (nSPS) is 19.1. The molecule has 0 radical (unpaired) electrons. The van der Waals surface area contributed by atoms with Gasteiger partial charge in [-0.2, -0.15) is 0 Å². The van der Waals surface area contributed by atoms with Crippen LogP contribution in [-0.2, 0) is 4.74 Å². The number of hydrogen-bond donors (Lipinski definition) is 1. The van der Waals surface area contributed by atoms with Crippen molar-refractivity contribution in [3.8, 4) is 0 Å². The van der Waals surface area contributed by atoms with Crippen LogP contribution in [0.25, 0.3) is 0 Å². The Morgan fingerprint density at radius 2 is 2.00 bits per heavy atom. The minimum atomic E-state index is 0.395. The highest BCUT2D eigenvalue weighted by Crippen LogP contribution is 2.06. The van der Waals surface area contributed by atoms with Crippen molar-refractivity contribution in [1.29, 1.82) is 0 Å². The highest BCUT2D eigenvalue weighted by Gasteiger charge is 2.11. The molecule has 0 saturated carbocycles. The Labute approximate surface area is 101 Å². The Hall–Kier alpha value is -0.120. The molecule has 1 fully saturated rings. The molecule has 1 aliphatic rings. The zero-order valence-electron chi connectivity index (χ0n) is 11.0. The molecule has 1 atom stereocenters. The molecule has 0 aliphatic carbocycles. The Morgan fingerprint density at radius 3 is 2.69 bits per heavy atom. The summed E-state index contributed by atoms with van der Waals surface area (Å²) >= 11 is 0. The van der Waals surface area contributed by atoms with Crippen molar-refractivity contribution in [3.05, 3.63) is 0 Å². The maximum absolute atomic E-state index is 5.80. The molecule has 3 heteroatoms. The van der Waals surface area contributed by atoms with Gasteiger partial charge in [-0.25, -0.2) is 0 Å². The standard InChI is InChI=1S/C13H28N2O/c1-3-7-14-8-6-13(2)16-12-11-15-9-4-5-10-15/h13-14H,3-12H2,1-2H3. The average molecular weight is 228 g/mol. The third-order valence-electron chi connectivity index (χ3n) is 3.16. The van der Waals surface area contributed by atoms with Crippen LogP contribution >= 0.6 is 0 Å². The summed E-state index contributed by atoms with van der Waals surface area (Å²) in [5.74, 6) is 0. The van der Waals surface area contributed by atoms with Gasteiger partial charge < -0.3 is 15.0 Å². The van der Waals surface area contributed by atoms with Gasteiger partial charge >= 0.3 is 0 Å².